The number of thioether (sulfide) groups is 2. The number of benzene rings is 2. The van der Waals surface area contributed by atoms with E-state index in [1.54, 1.807) is 48.8 Å². The largest absolute Gasteiger partial charge is 0.465 e. The first-order valence-electron chi connectivity index (χ1n) is 12.1. The van der Waals surface area contributed by atoms with Crippen LogP contribution >= 0.6 is 35.1 Å². The molecule has 0 aliphatic heterocycles. The van der Waals surface area contributed by atoms with Crippen molar-refractivity contribution in [3.63, 3.8) is 0 Å². The van der Waals surface area contributed by atoms with Gasteiger partial charge in [-0.25, -0.2) is 34.5 Å². The molecule has 0 unspecified atom stereocenters. The van der Waals surface area contributed by atoms with Crippen LogP contribution in [0.1, 0.15) is 20.7 Å². The van der Waals surface area contributed by atoms with Crippen LogP contribution in [0, 0.1) is 0 Å². The molecule has 212 valence electrons. The third kappa shape index (κ3) is 5.58. The lowest BCUT2D eigenvalue weighted by atomic mass is 10.1. The first kappa shape index (κ1) is 29.2. The van der Waals surface area contributed by atoms with Crippen LogP contribution in [-0.2, 0) is 9.47 Å². The predicted octanol–water partition coefficient (Wildman–Crippen LogP) is 5.32. The molecular weight excluding hydrogens is 600 g/mol. The van der Waals surface area contributed by atoms with E-state index in [4.69, 9.17) is 16.3 Å². The van der Waals surface area contributed by atoms with Crippen LogP contribution in [-0.4, -0.2) is 68.6 Å². The number of hydrogen-bond acceptors (Lipinski definition) is 12. The Kier molecular flexibility index (Phi) is 8.52. The molecule has 0 amide bonds. The maximum atomic E-state index is 12.1. The molecule has 14 heteroatoms. The van der Waals surface area contributed by atoms with Crippen molar-refractivity contribution in [2.75, 3.05) is 26.7 Å². The minimum atomic E-state index is -0.452. The van der Waals surface area contributed by atoms with Gasteiger partial charge in [0.1, 0.15) is 11.0 Å². The number of aromatic nitrogens is 6. The molecule has 42 heavy (non-hydrogen) atoms. The van der Waals surface area contributed by atoms with Crippen molar-refractivity contribution >= 4 is 90.7 Å². The summed E-state index contributed by atoms with van der Waals surface area (Å²) >= 11 is 9.01. The maximum absolute atomic E-state index is 12.1. The number of methoxy groups -OCH3 is 2. The van der Waals surface area contributed by atoms with Crippen LogP contribution in [0.5, 0.6) is 0 Å². The van der Waals surface area contributed by atoms with E-state index in [9.17, 15) is 14.4 Å². The molecule has 6 aromatic rings. The van der Waals surface area contributed by atoms with E-state index < -0.39 is 11.9 Å². The van der Waals surface area contributed by atoms with Crippen molar-refractivity contribution < 1.29 is 19.1 Å². The Balaban J connectivity index is 0.000000168. The zero-order chi connectivity index (χ0) is 30.0. The number of pyridine rings is 2. The molecule has 2 aromatic carbocycles. The summed E-state index contributed by atoms with van der Waals surface area (Å²) in [5.74, 6) is -0.865. The number of nitrogens with one attached hydrogen (secondary N) is 1. The fourth-order valence-electron chi connectivity index (χ4n) is 4.22. The number of rotatable bonds is 4. The first-order valence-corrected chi connectivity index (χ1v) is 14.9. The van der Waals surface area contributed by atoms with E-state index in [-0.39, 0.29) is 10.7 Å². The molecule has 0 atom stereocenters. The van der Waals surface area contributed by atoms with Gasteiger partial charge in [0, 0.05) is 39.5 Å². The number of carbonyl (C=O) groups excluding carboxylic acids is 2. The molecule has 4 heterocycles. The summed E-state index contributed by atoms with van der Waals surface area (Å²) in [6, 6.07) is 10.1. The van der Waals surface area contributed by atoms with E-state index in [0.717, 1.165) is 16.2 Å². The number of halogens is 1. The second-order valence-corrected chi connectivity index (χ2v) is 10.5. The summed E-state index contributed by atoms with van der Waals surface area (Å²) < 4.78 is 9.38. The van der Waals surface area contributed by atoms with Crippen LogP contribution in [0.3, 0.4) is 0 Å². The van der Waals surface area contributed by atoms with Gasteiger partial charge in [0.2, 0.25) is 0 Å². The predicted molar refractivity (Wildman–Crippen MR) is 164 cm³/mol. The monoisotopic (exact) mass is 620 g/mol. The molecular formula is C28H21ClN6O5S2. The van der Waals surface area contributed by atoms with Gasteiger partial charge in [0.15, 0.2) is 15.5 Å². The lowest BCUT2D eigenvalue weighted by Crippen LogP contribution is -2.10. The van der Waals surface area contributed by atoms with Crippen LogP contribution in [0.4, 0.5) is 0 Å². The average Bonchev–Trinajstić information content (AvgIpc) is 3.03. The van der Waals surface area contributed by atoms with Crippen molar-refractivity contribution in [1.82, 2.24) is 29.9 Å². The summed E-state index contributed by atoms with van der Waals surface area (Å²) in [7, 11) is 2.65. The smallest absolute Gasteiger partial charge is 0.337 e. The standard InChI is InChI=1S/C14H10ClN3O2S.C14H11N3O3S/c1-20-13(19)7-3-4-8-9-6-16-14(21-2)18-11(9)12(15)17-10(8)5-7;1-20-13(19)7-3-4-8-9-6-15-14(21-2)17-11(9)12(18)16-10(8)5-7/h3-6H,1-2H3;3-6H,1-2H3,(H,16,18). The number of ether oxygens (including phenoxy) is 2. The Hall–Kier alpha value is -4.33. The number of nitrogens with zero attached hydrogens (tertiary/aromatic N) is 5. The number of fused-ring (bicyclic) bond motifs is 6. The zero-order valence-corrected chi connectivity index (χ0v) is 25.0. The SMILES string of the molecule is COC(=O)c1ccc2c(c1)[nH]c(=O)c1nc(SC)ncc12.COC(=O)c1ccc2c(c1)nc(Cl)c1nc(SC)ncc12. The number of carbonyl (C=O) groups is 2. The Bertz CT molecular complexity index is 2090. The molecule has 0 saturated carbocycles. The van der Waals surface area contributed by atoms with E-state index in [1.807, 2.05) is 12.5 Å². The third-order valence-corrected chi connectivity index (χ3v) is 7.60. The minimum Gasteiger partial charge on any atom is -0.465 e. The van der Waals surface area contributed by atoms with Crippen molar-refractivity contribution in [3.8, 4) is 0 Å². The highest BCUT2D eigenvalue weighted by Gasteiger charge is 2.14. The van der Waals surface area contributed by atoms with Crippen LogP contribution in [0.2, 0.25) is 5.15 Å². The van der Waals surface area contributed by atoms with E-state index in [0.29, 0.717) is 48.9 Å². The molecule has 0 aliphatic carbocycles. The zero-order valence-electron chi connectivity index (χ0n) is 22.6. The van der Waals surface area contributed by atoms with E-state index in [2.05, 4.69) is 34.6 Å². The normalized spacial score (nSPS) is 11.0. The highest BCUT2D eigenvalue weighted by molar-refractivity contribution is 7.98. The number of esters is 2. The summed E-state index contributed by atoms with van der Waals surface area (Å²) in [5, 5.41) is 4.55. The van der Waals surface area contributed by atoms with Gasteiger partial charge in [-0.15, -0.1) is 0 Å². The van der Waals surface area contributed by atoms with Crippen molar-refractivity contribution in [1.29, 1.82) is 0 Å². The van der Waals surface area contributed by atoms with Gasteiger partial charge in [0.05, 0.1) is 30.9 Å². The van der Waals surface area contributed by atoms with Crippen molar-refractivity contribution in [3.05, 3.63) is 75.4 Å². The molecule has 0 fully saturated rings. The molecule has 4 aromatic heterocycles. The average molecular weight is 621 g/mol. The molecule has 6 rings (SSSR count). The van der Waals surface area contributed by atoms with Crippen LogP contribution in [0.25, 0.3) is 43.6 Å². The molecule has 0 radical (unpaired) electrons. The van der Waals surface area contributed by atoms with E-state index in [1.165, 1.54) is 37.7 Å². The van der Waals surface area contributed by atoms with Gasteiger partial charge in [-0.05, 0) is 36.8 Å². The minimum absolute atomic E-state index is 0.289. The second kappa shape index (κ2) is 12.3. The number of hydrogen-bond donors (Lipinski definition) is 1. The summed E-state index contributed by atoms with van der Waals surface area (Å²) in [5.41, 5.74) is 2.60. The van der Waals surface area contributed by atoms with Gasteiger partial charge in [-0.2, -0.15) is 0 Å². The molecule has 11 nitrogen and oxygen atoms in total. The molecule has 0 bridgehead atoms. The fourth-order valence-corrected chi connectivity index (χ4v) is 5.13. The van der Waals surface area contributed by atoms with Crippen LogP contribution < -0.4 is 5.56 Å². The Morgan fingerprint density at radius 3 is 1.90 bits per heavy atom. The topological polar surface area (TPSA) is 150 Å². The van der Waals surface area contributed by atoms with Gasteiger partial charge in [-0.1, -0.05) is 47.3 Å². The number of H-pyrrole nitrogens is 1. The van der Waals surface area contributed by atoms with Gasteiger partial charge in [-0.3, -0.25) is 4.79 Å². The molecule has 1 N–H and O–H groups in total. The molecule has 0 saturated heterocycles. The molecule has 0 aliphatic rings. The van der Waals surface area contributed by atoms with Crippen molar-refractivity contribution in [2.24, 2.45) is 0 Å². The van der Waals surface area contributed by atoms with Crippen molar-refractivity contribution in [2.45, 2.75) is 10.3 Å². The van der Waals surface area contributed by atoms with Crippen LogP contribution in [0.15, 0.2) is 63.9 Å². The summed E-state index contributed by atoms with van der Waals surface area (Å²) in [4.78, 5) is 59.4. The van der Waals surface area contributed by atoms with Gasteiger partial charge in [0.25, 0.3) is 5.56 Å². The summed E-state index contributed by atoms with van der Waals surface area (Å²) in [6.07, 6.45) is 7.09. The molecule has 0 spiro atoms. The number of aromatic amines is 1. The van der Waals surface area contributed by atoms with E-state index >= 15 is 0 Å². The lowest BCUT2D eigenvalue weighted by Gasteiger charge is -2.07. The fraction of sp³-hybridized carbons (Fsp3) is 0.143. The summed E-state index contributed by atoms with van der Waals surface area (Å²) in [6.45, 7) is 0. The Morgan fingerprint density at radius 1 is 0.762 bits per heavy atom. The first-order chi connectivity index (χ1) is 20.3. The third-order valence-electron chi connectivity index (χ3n) is 6.22. The lowest BCUT2D eigenvalue weighted by molar-refractivity contribution is 0.0592. The maximum Gasteiger partial charge on any atom is 0.337 e. The van der Waals surface area contributed by atoms with Gasteiger partial charge >= 0.3 is 11.9 Å². The Labute approximate surface area is 251 Å². The highest BCUT2D eigenvalue weighted by Crippen LogP contribution is 2.29. The van der Waals surface area contributed by atoms with Gasteiger partial charge < -0.3 is 14.5 Å². The Morgan fingerprint density at radius 2 is 1.31 bits per heavy atom. The highest BCUT2D eigenvalue weighted by atomic mass is 35.5. The second-order valence-electron chi connectivity index (χ2n) is 8.57. The quantitative estimate of drug-likeness (QED) is 0.0893.